The van der Waals surface area contributed by atoms with Gasteiger partial charge < -0.3 is 4.98 Å². The lowest BCUT2D eigenvalue weighted by Gasteiger charge is -2.18. The van der Waals surface area contributed by atoms with E-state index in [1.165, 1.54) is 22.3 Å². The Morgan fingerprint density at radius 2 is 2.00 bits per heavy atom. The zero-order valence-electron chi connectivity index (χ0n) is 16.9. The maximum absolute atomic E-state index is 13.3. The Labute approximate surface area is 181 Å². The van der Waals surface area contributed by atoms with Gasteiger partial charge in [0.15, 0.2) is 5.13 Å². The molecule has 2 aromatic carbocycles. The Morgan fingerprint density at radius 3 is 2.71 bits per heavy atom. The monoisotopic (exact) mass is 432 g/mol. The zero-order valence-corrected chi connectivity index (χ0v) is 17.7. The topological polar surface area (TPSA) is 88.1 Å². The average molecular weight is 433 g/mol. The minimum absolute atomic E-state index is 0.270. The molecule has 0 radical (unpaired) electrons. The minimum atomic E-state index is -0.500. The van der Waals surface area contributed by atoms with Gasteiger partial charge in [-0.1, -0.05) is 36.4 Å². The number of anilines is 1. The standard InChI is InChI=1S/C23H20N4O3S/c1-3-12-27(23-25-19(14-31-23)15-8-6-5-7-9-15)20(28)16-10-11-17-18(13-16)24-22(30)26(4-2)21(17)29/h3,5-11,13-14H,1,4,12H2,2H3,(H,24,30). The van der Waals surface area contributed by atoms with Crippen molar-refractivity contribution in [3.05, 3.63) is 93.0 Å². The van der Waals surface area contributed by atoms with Gasteiger partial charge in [-0.3, -0.25) is 19.1 Å². The van der Waals surface area contributed by atoms with Crippen molar-refractivity contribution in [3.8, 4) is 11.3 Å². The molecule has 1 amide bonds. The Kier molecular flexibility index (Phi) is 5.64. The molecule has 0 bridgehead atoms. The number of thiazole rings is 1. The fraction of sp³-hybridized carbons (Fsp3) is 0.130. The molecule has 31 heavy (non-hydrogen) atoms. The minimum Gasteiger partial charge on any atom is -0.307 e. The maximum Gasteiger partial charge on any atom is 0.328 e. The second-order valence-corrected chi connectivity index (χ2v) is 7.66. The number of nitrogens with zero attached hydrogens (tertiary/aromatic N) is 3. The highest BCUT2D eigenvalue weighted by atomic mass is 32.1. The molecular weight excluding hydrogens is 412 g/mol. The van der Waals surface area contributed by atoms with Crippen LogP contribution in [0.15, 0.2) is 76.2 Å². The van der Waals surface area contributed by atoms with Gasteiger partial charge in [0, 0.05) is 29.6 Å². The van der Waals surface area contributed by atoms with Crippen molar-refractivity contribution in [3.63, 3.8) is 0 Å². The number of carbonyl (C=O) groups is 1. The molecule has 0 atom stereocenters. The number of hydrogen-bond acceptors (Lipinski definition) is 5. The third-order valence-corrected chi connectivity index (χ3v) is 5.76. The van der Waals surface area contributed by atoms with E-state index in [0.717, 1.165) is 15.8 Å². The normalized spacial score (nSPS) is 10.9. The molecule has 4 rings (SSSR count). The third-order valence-electron chi connectivity index (χ3n) is 4.89. The van der Waals surface area contributed by atoms with E-state index in [1.54, 1.807) is 25.1 Å². The van der Waals surface area contributed by atoms with E-state index in [9.17, 15) is 14.4 Å². The molecule has 0 aliphatic rings. The molecule has 1 N–H and O–H groups in total. The molecule has 7 nitrogen and oxygen atoms in total. The van der Waals surface area contributed by atoms with Crippen LogP contribution in [0.4, 0.5) is 5.13 Å². The maximum atomic E-state index is 13.3. The fourth-order valence-electron chi connectivity index (χ4n) is 3.34. The lowest BCUT2D eigenvalue weighted by Crippen LogP contribution is -2.34. The van der Waals surface area contributed by atoms with Gasteiger partial charge in [0.1, 0.15) is 0 Å². The Bertz CT molecular complexity index is 1390. The van der Waals surface area contributed by atoms with Crippen LogP contribution in [0.2, 0.25) is 0 Å². The number of aromatic nitrogens is 3. The first kappa shape index (κ1) is 20.5. The number of amides is 1. The molecule has 0 aliphatic heterocycles. The Hall–Kier alpha value is -3.78. The SMILES string of the molecule is C=CCN(C(=O)c1ccc2c(=O)n(CC)c(=O)[nH]c2c1)c1nc(-c2ccccc2)cs1. The summed E-state index contributed by atoms with van der Waals surface area (Å²) >= 11 is 1.36. The molecule has 8 heteroatoms. The first-order valence-electron chi connectivity index (χ1n) is 9.74. The van der Waals surface area contributed by atoms with E-state index in [0.29, 0.717) is 21.6 Å². The van der Waals surface area contributed by atoms with Gasteiger partial charge in [-0.2, -0.15) is 0 Å². The summed E-state index contributed by atoms with van der Waals surface area (Å²) in [6.45, 7) is 6.02. The van der Waals surface area contributed by atoms with Crippen LogP contribution in [0.25, 0.3) is 22.2 Å². The van der Waals surface area contributed by atoms with E-state index < -0.39 is 5.69 Å². The number of fused-ring (bicyclic) bond motifs is 1. The highest BCUT2D eigenvalue weighted by molar-refractivity contribution is 7.14. The summed E-state index contributed by atoms with van der Waals surface area (Å²) in [4.78, 5) is 46.8. The quantitative estimate of drug-likeness (QED) is 0.471. The summed E-state index contributed by atoms with van der Waals surface area (Å²) in [6, 6.07) is 14.4. The van der Waals surface area contributed by atoms with Gasteiger partial charge in [0.05, 0.1) is 16.6 Å². The second kappa shape index (κ2) is 8.53. The molecule has 0 fully saturated rings. The molecule has 4 aromatic rings. The summed E-state index contributed by atoms with van der Waals surface area (Å²) in [5.41, 5.74) is 1.54. The molecule has 0 saturated carbocycles. The van der Waals surface area contributed by atoms with Crippen molar-refractivity contribution in [1.29, 1.82) is 0 Å². The number of hydrogen-bond donors (Lipinski definition) is 1. The predicted molar refractivity (Wildman–Crippen MR) is 124 cm³/mol. The number of aromatic amines is 1. The van der Waals surface area contributed by atoms with Crippen molar-refractivity contribution in [2.24, 2.45) is 0 Å². The second-order valence-electron chi connectivity index (χ2n) is 6.83. The van der Waals surface area contributed by atoms with Crippen molar-refractivity contribution >= 4 is 33.3 Å². The largest absolute Gasteiger partial charge is 0.328 e. The van der Waals surface area contributed by atoms with Gasteiger partial charge in [-0.15, -0.1) is 17.9 Å². The van der Waals surface area contributed by atoms with Crippen molar-refractivity contribution in [2.75, 3.05) is 11.4 Å². The molecule has 2 heterocycles. The smallest absolute Gasteiger partial charge is 0.307 e. The molecule has 156 valence electrons. The van der Waals surface area contributed by atoms with Crippen LogP contribution in [0, 0.1) is 0 Å². The first-order chi connectivity index (χ1) is 15.0. The van der Waals surface area contributed by atoms with Crippen LogP contribution >= 0.6 is 11.3 Å². The van der Waals surface area contributed by atoms with Crippen LogP contribution in [-0.4, -0.2) is 27.0 Å². The first-order valence-corrected chi connectivity index (χ1v) is 10.6. The van der Waals surface area contributed by atoms with Gasteiger partial charge in [-0.05, 0) is 25.1 Å². The molecule has 0 saturated heterocycles. The summed E-state index contributed by atoms with van der Waals surface area (Å²) in [5, 5.41) is 2.80. The van der Waals surface area contributed by atoms with Crippen LogP contribution < -0.4 is 16.1 Å². The van der Waals surface area contributed by atoms with Gasteiger partial charge in [-0.25, -0.2) is 9.78 Å². The Morgan fingerprint density at radius 1 is 1.23 bits per heavy atom. The molecule has 0 unspecified atom stereocenters. The number of carbonyl (C=O) groups excluding carboxylic acids is 1. The Balaban J connectivity index is 1.73. The van der Waals surface area contributed by atoms with Gasteiger partial charge in [0.2, 0.25) is 0 Å². The zero-order chi connectivity index (χ0) is 22.0. The van der Waals surface area contributed by atoms with Gasteiger partial charge in [0.25, 0.3) is 11.5 Å². The van der Waals surface area contributed by atoms with Crippen molar-refractivity contribution in [2.45, 2.75) is 13.5 Å². The molecule has 0 aliphatic carbocycles. The summed E-state index contributed by atoms with van der Waals surface area (Å²) in [5.74, 6) is -0.295. The van der Waals surface area contributed by atoms with Crippen LogP contribution in [-0.2, 0) is 6.54 Å². The van der Waals surface area contributed by atoms with E-state index in [2.05, 4.69) is 16.5 Å². The fourth-order valence-corrected chi connectivity index (χ4v) is 4.18. The highest BCUT2D eigenvalue weighted by Crippen LogP contribution is 2.28. The van der Waals surface area contributed by atoms with Crippen molar-refractivity contribution < 1.29 is 4.79 Å². The van der Waals surface area contributed by atoms with E-state index in [1.807, 2.05) is 35.7 Å². The van der Waals surface area contributed by atoms with E-state index in [4.69, 9.17) is 0 Å². The average Bonchev–Trinajstić information content (AvgIpc) is 3.27. The molecule has 2 aromatic heterocycles. The van der Waals surface area contributed by atoms with Crippen LogP contribution in [0.3, 0.4) is 0 Å². The highest BCUT2D eigenvalue weighted by Gasteiger charge is 2.21. The number of nitrogens with one attached hydrogen (secondary N) is 1. The summed E-state index contributed by atoms with van der Waals surface area (Å²) in [7, 11) is 0. The molecular formula is C23H20N4O3S. The number of benzene rings is 2. The van der Waals surface area contributed by atoms with Crippen LogP contribution in [0.5, 0.6) is 0 Å². The molecule has 0 spiro atoms. The lowest BCUT2D eigenvalue weighted by molar-refractivity contribution is 0.0990. The van der Waals surface area contributed by atoms with E-state index in [-0.39, 0.29) is 24.6 Å². The summed E-state index contributed by atoms with van der Waals surface area (Å²) in [6.07, 6.45) is 1.63. The predicted octanol–water partition coefficient (Wildman–Crippen LogP) is 3.67. The number of H-pyrrole nitrogens is 1. The van der Waals surface area contributed by atoms with Gasteiger partial charge >= 0.3 is 5.69 Å². The lowest BCUT2D eigenvalue weighted by atomic mass is 10.1. The van der Waals surface area contributed by atoms with Crippen LogP contribution in [0.1, 0.15) is 17.3 Å². The number of rotatable bonds is 6. The summed E-state index contributed by atoms with van der Waals surface area (Å²) < 4.78 is 1.12. The van der Waals surface area contributed by atoms with Crippen molar-refractivity contribution in [1.82, 2.24) is 14.5 Å². The van der Waals surface area contributed by atoms with E-state index >= 15 is 0 Å². The third kappa shape index (κ3) is 3.85.